The minimum atomic E-state index is -0.432. The number of ether oxygens (including phenoxy) is 2. The number of hydrogen-bond acceptors (Lipinski definition) is 4. The van der Waals surface area contributed by atoms with E-state index in [9.17, 15) is 4.79 Å². The zero-order chi connectivity index (χ0) is 21.2. The summed E-state index contributed by atoms with van der Waals surface area (Å²) in [5, 5.41) is 0. The van der Waals surface area contributed by atoms with E-state index in [4.69, 9.17) is 9.47 Å². The van der Waals surface area contributed by atoms with Gasteiger partial charge in [0.1, 0.15) is 12.4 Å². The number of carbonyl (C=O) groups is 1. The molecule has 3 rings (SSSR count). The molecular weight excluding hydrogens is 362 g/mol. The molecular formula is C25H29NO3. The number of nitrogens with zero attached hydrogens (tertiary/aromatic N) is 1. The van der Waals surface area contributed by atoms with Crippen LogP contribution in [0.25, 0.3) is 16.7 Å². The number of carbonyl (C=O) groups excluding carboxylic acids is 1. The second-order valence-corrected chi connectivity index (χ2v) is 7.72. The predicted molar refractivity (Wildman–Crippen MR) is 119 cm³/mol. The lowest BCUT2D eigenvalue weighted by molar-refractivity contribution is -0.138. The summed E-state index contributed by atoms with van der Waals surface area (Å²) < 4.78 is 11.1. The molecule has 29 heavy (non-hydrogen) atoms. The van der Waals surface area contributed by atoms with Gasteiger partial charge in [-0.3, -0.25) is 0 Å². The first-order chi connectivity index (χ1) is 13.8. The Hall–Kier alpha value is -3.01. The van der Waals surface area contributed by atoms with E-state index >= 15 is 0 Å². The largest absolute Gasteiger partial charge is 0.496 e. The van der Waals surface area contributed by atoms with Crippen molar-refractivity contribution in [1.82, 2.24) is 0 Å². The van der Waals surface area contributed by atoms with Crippen LogP contribution in [0.4, 0.5) is 5.69 Å². The summed E-state index contributed by atoms with van der Waals surface area (Å²) in [7, 11) is 1.67. The minimum absolute atomic E-state index is 0.0904. The Morgan fingerprint density at radius 3 is 2.55 bits per heavy atom. The van der Waals surface area contributed by atoms with Crippen molar-refractivity contribution in [2.75, 3.05) is 18.6 Å². The lowest BCUT2D eigenvalue weighted by Crippen LogP contribution is -2.45. The number of fused-ring (bicyclic) bond motifs is 1. The Morgan fingerprint density at radius 1 is 1.17 bits per heavy atom. The predicted octanol–water partition coefficient (Wildman–Crippen LogP) is 5.61. The fourth-order valence-corrected chi connectivity index (χ4v) is 4.34. The third-order valence-electron chi connectivity index (χ3n) is 5.48. The van der Waals surface area contributed by atoms with Crippen molar-refractivity contribution in [3.63, 3.8) is 0 Å². The van der Waals surface area contributed by atoms with Gasteiger partial charge in [0, 0.05) is 35.0 Å². The highest BCUT2D eigenvalue weighted by Gasteiger charge is 2.32. The van der Waals surface area contributed by atoms with Gasteiger partial charge in [0.15, 0.2) is 0 Å². The number of methoxy groups -OCH3 is 1. The first-order valence-corrected chi connectivity index (χ1v) is 9.90. The van der Waals surface area contributed by atoms with Gasteiger partial charge in [-0.2, -0.15) is 0 Å². The van der Waals surface area contributed by atoms with Gasteiger partial charge in [0.05, 0.1) is 12.6 Å². The molecule has 2 aromatic carbocycles. The maximum Gasteiger partial charge on any atom is 0.330 e. The molecule has 0 spiro atoms. The van der Waals surface area contributed by atoms with E-state index in [2.05, 4.69) is 57.4 Å². The van der Waals surface area contributed by atoms with Gasteiger partial charge in [-0.15, -0.1) is 0 Å². The standard InChI is InChI=1S/C25H29NO3/c1-7-23(27)29-16-20-18(19-11-9-10-12-22(19)28-6)13-14-21-24(20)17(3)15-25(4,5)26(21)8-2/h7,9-15H,1,8,16H2,2-6H3. The fraction of sp³-hybridized carbons (Fsp3) is 0.320. The molecule has 4 nitrogen and oxygen atoms in total. The van der Waals surface area contributed by atoms with Crippen LogP contribution in [0.2, 0.25) is 0 Å². The smallest absolute Gasteiger partial charge is 0.330 e. The molecule has 0 saturated heterocycles. The summed E-state index contributed by atoms with van der Waals surface area (Å²) in [6, 6.07) is 12.2. The number of allylic oxidation sites excluding steroid dienone is 1. The maximum atomic E-state index is 11.8. The summed E-state index contributed by atoms with van der Waals surface area (Å²) in [6.07, 6.45) is 3.48. The zero-order valence-electron chi connectivity index (χ0n) is 17.9. The van der Waals surface area contributed by atoms with Gasteiger partial charge in [0.25, 0.3) is 0 Å². The van der Waals surface area contributed by atoms with E-state index in [1.807, 2.05) is 24.3 Å². The quantitative estimate of drug-likeness (QED) is 0.474. The first kappa shape index (κ1) is 20.7. The highest BCUT2D eigenvalue weighted by atomic mass is 16.5. The first-order valence-electron chi connectivity index (χ1n) is 9.90. The maximum absolute atomic E-state index is 11.8. The lowest BCUT2D eigenvalue weighted by Gasteiger charge is -2.43. The normalized spacial score (nSPS) is 14.7. The molecule has 0 amide bonds. The average molecular weight is 392 g/mol. The van der Waals surface area contributed by atoms with Crippen LogP contribution < -0.4 is 9.64 Å². The summed E-state index contributed by atoms with van der Waals surface area (Å²) >= 11 is 0. The number of hydrogen-bond donors (Lipinski definition) is 0. The van der Waals surface area contributed by atoms with E-state index in [1.165, 1.54) is 11.6 Å². The minimum Gasteiger partial charge on any atom is -0.496 e. The highest BCUT2D eigenvalue weighted by molar-refractivity contribution is 5.89. The van der Waals surface area contributed by atoms with Gasteiger partial charge in [0.2, 0.25) is 0 Å². The van der Waals surface area contributed by atoms with Gasteiger partial charge in [-0.1, -0.05) is 36.9 Å². The van der Waals surface area contributed by atoms with Crippen molar-refractivity contribution in [3.05, 3.63) is 66.3 Å². The molecule has 0 fully saturated rings. The Balaban J connectivity index is 2.27. The highest BCUT2D eigenvalue weighted by Crippen LogP contribution is 2.45. The average Bonchev–Trinajstić information content (AvgIpc) is 2.71. The van der Waals surface area contributed by atoms with E-state index in [1.54, 1.807) is 7.11 Å². The molecule has 4 heteroatoms. The molecule has 0 N–H and O–H groups in total. The van der Waals surface area contributed by atoms with Crippen LogP contribution in [0.3, 0.4) is 0 Å². The molecule has 0 atom stereocenters. The van der Waals surface area contributed by atoms with Crippen LogP contribution in [-0.2, 0) is 16.1 Å². The van der Waals surface area contributed by atoms with Crippen LogP contribution in [0.1, 0.15) is 38.8 Å². The molecule has 0 radical (unpaired) electrons. The number of likely N-dealkylation sites (N-methyl/N-ethyl adjacent to an activating group) is 1. The van der Waals surface area contributed by atoms with Crippen molar-refractivity contribution >= 4 is 17.2 Å². The zero-order valence-corrected chi connectivity index (χ0v) is 17.9. The third-order valence-corrected chi connectivity index (χ3v) is 5.48. The summed E-state index contributed by atoms with van der Waals surface area (Å²) in [5.41, 5.74) is 6.31. The Morgan fingerprint density at radius 2 is 1.90 bits per heavy atom. The molecule has 1 heterocycles. The second-order valence-electron chi connectivity index (χ2n) is 7.72. The summed E-state index contributed by atoms with van der Waals surface area (Å²) in [6.45, 7) is 13.3. The molecule has 152 valence electrons. The van der Waals surface area contributed by atoms with E-state index in [0.29, 0.717) is 0 Å². The SMILES string of the molecule is C=CC(=O)OCc1c(-c2ccccc2OC)ccc2c1C(C)=CC(C)(C)N2CC. The van der Waals surface area contributed by atoms with Gasteiger partial charge in [-0.05, 0) is 51.0 Å². The van der Waals surface area contributed by atoms with E-state index < -0.39 is 5.97 Å². The van der Waals surface area contributed by atoms with Crippen molar-refractivity contribution in [2.24, 2.45) is 0 Å². The molecule has 1 aliphatic heterocycles. The number of benzene rings is 2. The number of anilines is 1. The summed E-state index contributed by atoms with van der Waals surface area (Å²) in [5.74, 6) is 0.354. The van der Waals surface area contributed by atoms with Gasteiger partial charge in [-0.25, -0.2) is 4.79 Å². The molecule has 0 bridgehead atoms. The van der Waals surface area contributed by atoms with Crippen molar-refractivity contribution < 1.29 is 14.3 Å². The molecule has 0 aromatic heterocycles. The number of rotatable bonds is 6. The fourth-order valence-electron chi connectivity index (χ4n) is 4.34. The Bertz CT molecular complexity index is 972. The molecule has 2 aromatic rings. The van der Waals surface area contributed by atoms with E-state index in [0.717, 1.165) is 40.2 Å². The second kappa shape index (κ2) is 8.16. The Labute approximate surface area is 173 Å². The van der Waals surface area contributed by atoms with Crippen LogP contribution in [-0.4, -0.2) is 25.2 Å². The topological polar surface area (TPSA) is 38.8 Å². The lowest BCUT2D eigenvalue weighted by atomic mass is 9.83. The number of para-hydroxylation sites is 1. The van der Waals surface area contributed by atoms with Crippen molar-refractivity contribution in [3.8, 4) is 16.9 Å². The summed E-state index contributed by atoms with van der Waals surface area (Å²) in [4.78, 5) is 14.2. The van der Waals surface area contributed by atoms with Gasteiger partial charge < -0.3 is 14.4 Å². The monoisotopic (exact) mass is 391 g/mol. The van der Waals surface area contributed by atoms with Crippen LogP contribution >= 0.6 is 0 Å². The van der Waals surface area contributed by atoms with Crippen LogP contribution in [0.5, 0.6) is 5.75 Å². The molecule has 1 aliphatic rings. The third kappa shape index (κ3) is 3.80. The van der Waals surface area contributed by atoms with Crippen molar-refractivity contribution in [2.45, 2.75) is 39.8 Å². The Kier molecular flexibility index (Phi) is 5.83. The molecule has 0 saturated carbocycles. The van der Waals surface area contributed by atoms with Gasteiger partial charge >= 0.3 is 5.97 Å². The van der Waals surface area contributed by atoms with Crippen LogP contribution in [0, 0.1) is 0 Å². The van der Waals surface area contributed by atoms with Crippen LogP contribution in [0.15, 0.2) is 55.1 Å². The number of esters is 1. The molecule has 0 aliphatic carbocycles. The molecule has 0 unspecified atom stereocenters. The van der Waals surface area contributed by atoms with E-state index in [-0.39, 0.29) is 12.1 Å². The van der Waals surface area contributed by atoms with Crippen molar-refractivity contribution in [1.29, 1.82) is 0 Å².